The fourth-order valence-corrected chi connectivity index (χ4v) is 4.37. The first-order chi connectivity index (χ1) is 13.1. The van der Waals surface area contributed by atoms with E-state index in [1.165, 1.54) is 11.8 Å². The van der Waals surface area contributed by atoms with E-state index in [1.807, 2.05) is 31.2 Å². The van der Waals surface area contributed by atoms with Crippen LogP contribution in [0.4, 0.5) is 5.82 Å². The van der Waals surface area contributed by atoms with Crippen molar-refractivity contribution in [1.29, 1.82) is 0 Å². The van der Waals surface area contributed by atoms with Crippen LogP contribution >= 0.6 is 11.8 Å². The summed E-state index contributed by atoms with van der Waals surface area (Å²) in [4.78, 5) is 33.2. The Morgan fingerprint density at radius 3 is 2.70 bits per heavy atom. The quantitative estimate of drug-likeness (QED) is 0.621. The lowest BCUT2D eigenvalue weighted by Crippen LogP contribution is -2.32. The monoisotopic (exact) mass is 383 g/mol. The molecular weight excluding hydrogens is 362 g/mol. The number of hydrogen-bond acceptors (Lipinski definition) is 6. The van der Waals surface area contributed by atoms with Gasteiger partial charge in [0.2, 0.25) is 0 Å². The highest BCUT2D eigenvalue weighted by Crippen LogP contribution is 2.43. The first-order valence-electron chi connectivity index (χ1n) is 9.06. The zero-order valence-corrected chi connectivity index (χ0v) is 16.1. The molecule has 7 heteroatoms. The molecule has 1 aliphatic heterocycles. The van der Waals surface area contributed by atoms with Crippen LogP contribution in [0, 0.1) is 0 Å². The van der Waals surface area contributed by atoms with Gasteiger partial charge in [-0.1, -0.05) is 30.8 Å². The predicted octanol–water partition coefficient (Wildman–Crippen LogP) is 3.46. The number of benzene rings is 1. The molecule has 140 valence electrons. The van der Waals surface area contributed by atoms with Crippen LogP contribution in [0.5, 0.6) is 5.75 Å². The molecular formula is C20H21N3O3S. The summed E-state index contributed by atoms with van der Waals surface area (Å²) in [6, 6.07) is 7.54. The van der Waals surface area contributed by atoms with E-state index in [0.29, 0.717) is 28.5 Å². The molecule has 1 aromatic carbocycles. The molecule has 0 saturated heterocycles. The maximum absolute atomic E-state index is 12.9. The fraction of sp³-hybridized carbons (Fsp3) is 0.350. The Morgan fingerprint density at radius 1 is 1.22 bits per heavy atom. The molecule has 0 radical (unpaired) electrons. The first-order valence-corrected chi connectivity index (χ1v) is 10.0. The van der Waals surface area contributed by atoms with Gasteiger partial charge in [0.05, 0.1) is 12.7 Å². The maximum Gasteiger partial charge on any atom is 0.257 e. The van der Waals surface area contributed by atoms with Gasteiger partial charge >= 0.3 is 0 Å². The molecule has 0 unspecified atom stereocenters. The number of carbonyl (C=O) groups is 1. The molecule has 0 saturated carbocycles. The lowest BCUT2D eigenvalue weighted by atomic mass is 9.76. The minimum atomic E-state index is -0.410. The van der Waals surface area contributed by atoms with Gasteiger partial charge in [-0.25, -0.2) is 4.98 Å². The normalized spacial score (nSPS) is 18.6. The molecule has 27 heavy (non-hydrogen) atoms. The number of nitrogens with zero attached hydrogens (tertiary/aromatic N) is 1. The van der Waals surface area contributed by atoms with E-state index in [1.54, 1.807) is 7.11 Å². The third-order valence-corrected chi connectivity index (χ3v) is 5.72. The second kappa shape index (κ2) is 7.23. The van der Waals surface area contributed by atoms with Crippen molar-refractivity contribution < 1.29 is 9.53 Å². The van der Waals surface area contributed by atoms with E-state index in [4.69, 9.17) is 4.74 Å². The number of aromatic amines is 1. The largest absolute Gasteiger partial charge is 0.497 e. The number of fused-ring (bicyclic) bond motifs is 1. The average molecular weight is 383 g/mol. The van der Waals surface area contributed by atoms with Crippen LogP contribution in [0.2, 0.25) is 0 Å². The van der Waals surface area contributed by atoms with Crippen molar-refractivity contribution in [3.63, 3.8) is 0 Å². The molecule has 2 aromatic rings. The summed E-state index contributed by atoms with van der Waals surface area (Å²) >= 11 is 1.49. The number of nitrogens with one attached hydrogen (secondary N) is 2. The number of ether oxygens (including phenoxy) is 1. The molecule has 2 heterocycles. The van der Waals surface area contributed by atoms with Gasteiger partial charge in [-0.3, -0.25) is 9.59 Å². The second-order valence-corrected chi connectivity index (χ2v) is 7.82. The van der Waals surface area contributed by atoms with Gasteiger partial charge in [0, 0.05) is 23.6 Å². The molecule has 2 aliphatic rings. The van der Waals surface area contributed by atoms with Gasteiger partial charge in [0.1, 0.15) is 11.6 Å². The van der Waals surface area contributed by atoms with E-state index in [2.05, 4.69) is 15.3 Å². The Labute approximate surface area is 161 Å². The summed E-state index contributed by atoms with van der Waals surface area (Å²) < 4.78 is 5.25. The number of carbonyl (C=O) groups excluding carboxylic acids is 1. The Kier molecular flexibility index (Phi) is 4.78. The van der Waals surface area contributed by atoms with Crippen LogP contribution in [-0.2, 0) is 4.79 Å². The van der Waals surface area contributed by atoms with Gasteiger partial charge in [-0.2, -0.15) is 0 Å². The summed E-state index contributed by atoms with van der Waals surface area (Å²) in [6.07, 6.45) is 2.12. The van der Waals surface area contributed by atoms with Crippen molar-refractivity contribution in [2.45, 2.75) is 37.3 Å². The fourth-order valence-electron chi connectivity index (χ4n) is 3.78. The Morgan fingerprint density at radius 2 is 2.00 bits per heavy atom. The molecule has 0 bridgehead atoms. The number of Topliss-reactive ketones (excluding diaryl/α,β-unsaturated/α-hetero) is 1. The zero-order valence-electron chi connectivity index (χ0n) is 15.3. The van der Waals surface area contributed by atoms with Crippen molar-refractivity contribution in [3.05, 3.63) is 57.0 Å². The number of rotatable bonds is 4. The number of methoxy groups -OCH3 is 1. The van der Waals surface area contributed by atoms with E-state index in [0.717, 1.165) is 35.6 Å². The van der Waals surface area contributed by atoms with E-state index < -0.39 is 5.92 Å². The average Bonchev–Trinajstić information content (AvgIpc) is 2.67. The van der Waals surface area contributed by atoms with Crippen LogP contribution in [-0.4, -0.2) is 28.6 Å². The van der Waals surface area contributed by atoms with E-state index >= 15 is 0 Å². The third kappa shape index (κ3) is 3.16. The summed E-state index contributed by atoms with van der Waals surface area (Å²) in [5.74, 6) is 1.80. The third-order valence-electron chi connectivity index (χ3n) is 4.97. The van der Waals surface area contributed by atoms with E-state index in [9.17, 15) is 9.59 Å². The smallest absolute Gasteiger partial charge is 0.257 e. The van der Waals surface area contributed by atoms with Crippen LogP contribution < -0.4 is 15.6 Å². The Bertz CT molecular complexity index is 979. The van der Waals surface area contributed by atoms with Crippen molar-refractivity contribution in [1.82, 2.24) is 9.97 Å². The van der Waals surface area contributed by atoms with Gasteiger partial charge < -0.3 is 15.0 Å². The number of anilines is 1. The molecule has 4 rings (SSSR count). The van der Waals surface area contributed by atoms with Crippen LogP contribution in [0.1, 0.15) is 43.2 Å². The van der Waals surface area contributed by atoms with Crippen molar-refractivity contribution >= 4 is 23.4 Å². The highest BCUT2D eigenvalue weighted by molar-refractivity contribution is 7.99. The molecule has 6 nitrogen and oxygen atoms in total. The summed E-state index contributed by atoms with van der Waals surface area (Å²) in [7, 11) is 1.61. The number of allylic oxidation sites excluding steroid dienone is 2. The molecule has 1 atom stereocenters. The summed E-state index contributed by atoms with van der Waals surface area (Å²) in [6.45, 7) is 2.01. The Balaban J connectivity index is 1.91. The van der Waals surface area contributed by atoms with E-state index in [-0.39, 0.29) is 11.3 Å². The van der Waals surface area contributed by atoms with Crippen molar-refractivity contribution in [3.8, 4) is 5.75 Å². The summed E-state index contributed by atoms with van der Waals surface area (Å²) in [5, 5.41) is 3.87. The lowest BCUT2D eigenvalue weighted by molar-refractivity contribution is -0.116. The van der Waals surface area contributed by atoms with Crippen molar-refractivity contribution in [2.24, 2.45) is 0 Å². The van der Waals surface area contributed by atoms with Crippen molar-refractivity contribution in [2.75, 3.05) is 18.2 Å². The minimum Gasteiger partial charge on any atom is -0.497 e. The molecule has 1 aromatic heterocycles. The first kappa shape index (κ1) is 17.9. The molecule has 0 fully saturated rings. The highest BCUT2D eigenvalue weighted by atomic mass is 32.2. The second-order valence-electron chi connectivity index (χ2n) is 6.57. The molecule has 0 spiro atoms. The zero-order chi connectivity index (χ0) is 19.0. The van der Waals surface area contributed by atoms with Gasteiger partial charge in [-0.15, -0.1) is 0 Å². The van der Waals surface area contributed by atoms with Crippen LogP contribution in [0.25, 0.3) is 0 Å². The number of ketones is 1. The lowest BCUT2D eigenvalue weighted by Gasteiger charge is -2.32. The molecule has 0 amide bonds. The standard InChI is InChI=1S/C20H21N3O3S/c1-3-27-20-22-18-17(19(25)23-20)15(11-7-9-12(26-2)10-8-11)16-13(21-18)5-4-6-14(16)24/h7-10,15H,3-6H2,1-2H3,(H2,21,22,23,25)/t15-/m1/s1. The number of H-pyrrole nitrogens is 1. The number of thioether (sulfide) groups is 1. The van der Waals surface area contributed by atoms with Gasteiger partial charge in [0.25, 0.3) is 5.56 Å². The van der Waals surface area contributed by atoms with Gasteiger partial charge in [0.15, 0.2) is 10.9 Å². The number of aromatic nitrogens is 2. The maximum atomic E-state index is 12.9. The SMILES string of the molecule is CCSc1nc2c(c(=O)[nH]1)[C@H](c1ccc(OC)cc1)C1=C(CCCC1=O)N2. The Hall–Kier alpha value is -2.54. The highest BCUT2D eigenvalue weighted by Gasteiger charge is 2.37. The minimum absolute atomic E-state index is 0.0987. The predicted molar refractivity (Wildman–Crippen MR) is 106 cm³/mol. The molecule has 1 aliphatic carbocycles. The van der Waals surface area contributed by atoms with Crippen LogP contribution in [0.15, 0.2) is 45.5 Å². The molecule has 2 N–H and O–H groups in total. The summed E-state index contributed by atoms with van der Waals surface area (Å²) in [5.41, 5.74) is 2.79. The van der Waals surface area contributed by atoms with Gasteiger partial charge in [-0.05, 0) is 36.3 Å². The number of hydrogen-bond donors (Lipinski definition) is 2. The van der Waals surface area contributed by atoms with Crippen LogP contribution in [0.3, 0.4) is 0 Å². The topological polar surface area (TPSA) is 84.1 Å².